The maximum Gasteiger partial charge on any atom is 0.229 e. The molecule has 0 saturated heterocycles. The van der Waals surface area contributed by atoms with E-state index in [4.69, 9.17) is 4.74 Å². The molecule has 1 heterocycles. The van der Waals surface area contributed by atoms with Crippen molar-refractivity contribution >= 4 is 0 Å². The topological polar surface area (TPSA) is 22.1 Å². The molecule has 0 unspecified atom stereocenters. The molecule has 0 aliphatic rings. The van der Waals surface area contributed by atoms with Gasteiger partial charge in [0.25, 0.3) is 0 Å². The summed E-state index contributed by atoms with van der Waals surface area (Å²) in [6, 6.07) is 3.75. The van der Waals surface area contributed by atoms with Gasteiger partial charge in [-0.15, -0.1) is 0 Å². The maximum atomic E-state index is 5.03. The van der Waals surface area contributed by atoms with Gasteiger partial charge in [0.2, 0.25) is 5.88 Å². The molecule has 0 saturated carbocycles. The molecule has 0 radical (unpaired) electrons. The fraction of sp³-hybridized carbons (Fsp3) is 0.300. The lowest BCUT2D eigenvalue weighted by atomic mass is 10.2. The number of methoxy groups -OCH3 is 1. The van der Waals surface area contributed by atoms with Gasteiger partial charge in [0, 0.05) is 12.6 Å². The van der Waals surface area contributed by atoms with E-state index in [2.05, 4.69) is 16.8 Å². The van der Waals surface area contributed by atoms with E-state index in [9.17, 15) is 0 Å². The van der Waals surface area contributed by atoms with Crippen LogP contribution in [0.4, 0.5) is 0 Å². The van der Waals surface area contributed by atoms with Gasteiger partial charge < -0.3 is 4.74 Å². The van der Waals surface area contributed by atoms with Crippen LogP contribution in [-0.2, 0) is 0 Å². The standard InChI is InChI=1S/C10H11NO/c1-3-4-6-9-7-5-8-11-10(9)12-2/h5,7-8H,3H2,1-2H3. The minimum absolute atomic E-state index is 0.596. The number of hydrogen-bond donors (Lipinski definition) is 0. The molecule has 2 nitrogen and oxygen atoms in total. The molecule has 1 aromatic heterocycles. The molecule has 0 N–H and O–H groups in total. The summed E-state index contributed by atoms with van der Waals surface area (Å²) in [5.74, 6) is 6.54. The summed E-state index contributed by atoms with van der Waals surface area (Å²) in [5.41, 5.74) is 0.849. The monoisotopic (exact) mass is 161 g/mol. The Hall–Kier alpha value is -1.49. The number of ether oxygens (including phenoxy) is 1. The van der Waals surface area contributed by atoms with Gasteiger partial charge in [-0.25, -0.2) is 4.98 Å². The summed E-state index contributed by atoms with van der Waals surface area (Å²) in [6.45, 7) is 2.01. The normalized spacial score (nSPS) is 8.50. The van der Waals surface area contributed by atoms with Gasteiger partial charge in [-0.05, 0) is 12.1 Å². The third-order valence-electron chi connectivity index (χ3n) is 1.36. The molecule has 2 heteroatoms. The van der Waals surface area contributed by atoms with Crippen LogP contribution in [0.15, 0.2) is 18.3 Å². The first-order valence-electron chi connectivity index (χ1n) is 3.86. The van der Waals surface area contributed by atoms with Crippen LogP contribution in [0.2, 0.25) is 0 Å². The Morgan fingerprint density at radius 3 is 3.08 bits per heavy atom. The molecule has 0 spiro atoms. The van der Waals surface area contributed by atoms with Gasteiger partial charge in [-0.1, -0.05) is 18.8 Å². The second kappa shape index (κ2) is 4.40. The van der Waals surface area contributed by atoms with Crippen LogP contribution in [-0.4, -0.2) is 12.1 Å². The van der Waals surface area contributed by atoms with Crippen LogP contribution in [0.25, 0.3) is 0 Å². The molecule has 0 bridgehead atoms. The number of aromatic nitrogens is 1. The molecule has 0 fully saturated rings. The molecule has 12 heavy (non-hydrogen) atoms. The highest BCUT2D eigenvalue weighted by atomic mass is 16.5. The van der Waals surface area contributed by atoms with E-state index in [-0.39, 0.29) is 0 Å². The van der Waals surface area contributed by atoms with E-state index < -0.39 is 0 Å². The van der Waals surface area contributed by atoms with Crippen LogP contribution >= 0.6 is 0 Å². The smallest absolute Gasteiger partial charge is 0.229 e. The SMILES string of the molecule is CCC#Cc1cccnc1OC. The van der Waals surface area contributed by atoms with Crippen LogP contribution in [0.5, 0.6) is 5.88 Å². The lowest BCUT2D eigenvalue weighted by Crippen LogP contribution is -1.90. The van der Waals surface area contributed by atoms with Crippen molar-refractivity contribution in [2.24, 2.45) is 0 Å². The predicted octanol–water partition coefficient (Wildman–Crippen LogP) is 1.85. The molecule has 62 valence electrons. The second-order valence-electron chi connectivity index (χ2n) is 2.22. The molecule has 0 aliphatic carbocycles. The van der Waals surface area contributed by atoms with Crippen molar-refractivity contribution in [3.63, 3.8) is 0 Å². The summed E-state index contributed by atoms with van der Waals surface area (Å²) in [4.78, 5) is 4.03. The summed E-state index contributed by atoms with van der Waals surface area (Å²) in [7, 11) is 1.60. The van der Waals surface area contributed by atoms with Crippen LogP contribution < -0.4 is 4.74 Å². The third-order valence-corrected chi connectivity index (χ3v) is 1.36. The Morgan fingerprint density at radius 2 is 2.42 bits per heavy atom. The highest BCUT2D eigenvalue weighted by molar-refractivity contribution is 5.41. The second-order valence-corrected chi connectivity index (χ2v) is 2.22. The minimum Gasteiger partial charge on any atom is -0.480 e. The van der Waals surface area contributed by atoms with E-state index in [1.807, 2.05) is 19.1 Å². The molecule has 0 aromatic carbocycles. The Kier molecular flexibility index (Phi) is 3.16. The first kappa shape index (κ1) is 8.61. The van der Waals surface area contributed by atoms with Crippen molar-refractivity contribution in [1.29, 1.82) is 0 Å². The van der Waals surface area contributed by atoms with E-state index >= 15 is 0 Å². The number of nitrogens with zero attached hydrogens (tertiary/aromatic N) is 1. The van der Waals surface area contributed by atoms with Gasteiger partial charge in [0.1, 0.15) is 0 Å². The molecular formula is C10H11NO. The van der Waals surface area contributed by atoms with E-state index in [1.165, 1.54) is 0 Å². The Bertz CT molecular complexity index is 309. The zero-order valence-corrected chi connectivity index (χ0v) is 7.29. The van der Waals surface area contributed by atoms with Gasteiger partial charge in [-0.2, -0.15) is 0 Å². The van der Waals surface area contributed by atoms with Gasteiger partial charge >= 0.3 is 0 Å². The summed E-state index contributed by atoms with van der Waals surface area (Å²) in [6.07, 6.45) is 2.54. The molecule has 0 atom stereocenters. The highest BCUT2D eigenvalue weighted by Gasteiger charge is 1.97. The van der Waals surface area contributed by atoms with Gasteiger partial charge in [0.15, 0.2) is 0 Å². The fourth-order valence-electron chi connectivity index (χ4n) is 0.832. The zero-order chi connectivity index (χ0) is 8.81. The van der Waals surface area contributed by atoms with E-state index in [0.717, 1.165) is 12.0 Å². The minimum atomic E-state index is 0.596. The van der Waals surface area contributed by atoms with Crippen molar-refractivity contribution in [3.8, 4) is 17.7 Å². The third kappa shape index (κ3) is 2.00. The maximum absolute atomic E-state index is 5.03. The zero-order valence-electron chi connectivity index (χ0n) is 7.29. The molecular weight excluding hydrogens is 150 g/mol. The summed E-state index contributed by atoms with van der Waals surface area (Å²) in [5, 5.41) is 0. The molecule has 0 amide bonds. The van der Waals surface area contributed by atoms with Crippen molar-refractivity contribution in [2.75, 3.05) is 7.11 Å². The average Bonchev–Trinajstić information content (AvgIpc) is 2.15. The van der Waals surface area contributed by atoms with Gasteiger partial charge in [-0.3, -0.25) is 0 Å². The van der Waals surface area contributed by atoms with Crippen molar-refractivity contribution in [1.82, 2.24) is 4.98 Å². The van der Waals surface area contributed by atoms with Crippen molar-refractivity contribution in [2.45, 2.75) is 13.3 Å². The lowest BCUT2D eigenvalue weighted by molar-refractivity contribution is 0.396. The lowest BCUT2D eigenvalue weighted by Gasteiger charge is -1.98. The van der Waals surface area contributed by atoms with E-state index in [1.54, 1.807) is 13.3 Å². The van der Waals surface area contributed by atoms with Crippen molar-refractivity contribution < 1.29 is 4.74 Å². The van der Waals surface area contributed by atoms with Crippen LogP contribution in [0.3, 0.4) is 0 Å². The average molecular weight is 161 g/mol. The van der Waals surface area contributed by atoms with Crippen LogP contribution in [0.1, 0.15) is 18.9 Å². The highest BCUT2D eigenvalue weighted by Crippen LogP contribution is 2.11. The first-order chi connectivity index (χ1) is 5.88. The Morgan fingerprint density at radius 1 is 1.58 bits per heavy atom. The fourth-order valence-corrected chi connectivity index (χ4v) is 0.832. The first-order valence-corrected chi connectivity index (χ1v) is 3.86. The van der Waals surface area contributed by atoms with Gasteiger partial charge in [0.05, 0.1) is 12.7 Å². The Balaban J connectivity index is 2.97. The summed E-state index contributed by atoms with van der Waals surface area (Å²) >= 11 is 0. The quantitative estimate of drug-likeness (QED) is 0.586. The van der Waals surface area contributed by atoms with Crippen molar-refractivity contribution in [3.05, 3.63) is 23.9 Å². The molecule has 1 aromatic rings. The number of pyridine rings is 1. The Labute approximate surface area is 72.6 Å². The number of hydrogen-bond acceptors (Lipinski definition) is 2. The largest absolute Gasteiger partial charge is 0.480 e. The van der Waals surface area contributed by atoms with E-state index in [0.29, 0.717) is 5.88 Å². The predicted molar refractivity (Wildman–Crippen MR) is 48.0 cm³/mol. The molecule has 0 aliphatic heterocycles. The summed E-state index contributed by atoms with van der Waals surface area (Å²) < 4.78 is 5.03. The van der Waals surface area contributed by atoms with Crippen LogP contribution in [0, 0.1) is 11.8 Å². The number of rotatable bonds is 1. The molecule has 1 rings (SSSR count).